The van der Waals surface area contributed by atoms with E-state index in [4.69, 9.17) is 9.40 Å². The van der Waals surface area contributed by atoms with E-state index in [1.165, 1.54) is 37.7 Å². The maximum atomic E-state index is 11.9. The fraction of sp³-hybridized carbons (Fsp3) is 0.393. The quantitative estimate of drug-likeness (QED) is 0.437. The smallest absolute Gasteiger partial charge is 0.290 e. The summed E-state index contributed by atoms with van der Waals surface area (Å²) in [6.07, 6.45) is 8.49. The van der Waals surface area contributed by atoms with Gasteiger partial charge < -0.3 is 4.42 Å². The van der Waals surface area contributed by atoms with Crippen molar-refractivity contribution >= 4 is 40.1 Å². The van der Waals surface area contributed by atoms with Crippen molar-refractivity contribution in [3.05, 3.63) is 58.3 Å². The van der Waals surface area contributed by atoms with Crippen LogP contribution in [0, 0.1) is 24.2 Å². The number of aromatic nitrogens is 1. The Morgan fingerprint density at radius 3 is 2.68 bits per heavy atom. The number of rotatable bonds is 3. The molecular formula is C28H26N2O3S. The minimum atomic E-state index is -0.331. The van der Waals surface area contributed by atoms with E-state index in [-0.39, 0.29) is 16.6 Å². The van der Waals surface area contributed by atoms with Gasteiger partial charge in [-0.3, -0.25) is 14.9 Å². The third kappa shape index (κ3) is 3.11. The van der Waals surface area contributed by atoms with E-state index >= 15 is 0 Å². The van der Waals surface area contributed by atoms with Crippen molar-refractivity contribution in [1.82, 2.24) is 10.3 Å². The van der Waals surface area contributed by atoms with Crippen LogP contribution >= 0.6 is 11.8 Å². The molecule has 1 aromatic heterocycles. The van der Waals surface area contributed by atoms with Crippen LogP contribution in [0.2, 0.25) is 0 Å². The Labute approximate surface area is 202 Å². The van der Waals surface area contributed by atoms with Gasteiger partial charge in [0.15, 0.2) is 11.5 Å². The largest absolute Gasteiger partial charge is 0.441 e. The molecule has 2 bridgehead atoms. The number of amides is 2. The fourth-order valence-electron chi connectivity index (χ4n) is 7.31. The highest BCUT2D eigenvalue weighted by Gasteiger charge is 2.65. The standard InChI is InChI=1S/C28H26N2O3S/c1-15-29-22-10-19(18-5-3-16(4-6-18)8-23-25(31)30-26(32)34-23)9-21(24(22)33-15)27(2)11-17-7-20-13-28(20,12-17)14-27/h3-6,8-10,17,20H,7,11-14H2,1-2H3,(H,30,31,32)/b23-8-. The minimum absolute atomic E-state index is 0.109. The molecule has 1 spiro atoms. The average Bonchev–Trinajstić information content (AvgIpc) is 3.04. The van der Waals surface area contributed by atoms with Crippen LogP contribution in [0.5, 0.6) is 0 Å². The summed E-state index contributed by atoms with van der Waals surface area (Å²) in [4.78, 5) is 28.4. The van der Waals surface area contributed by atoms with Crippen LogP contribution in [0.25, 0.3) is 28.3 Å². The number of nitrogens with one attached hydrogen (secondary N) is 1. The molecule has 2 aromatic carbocycles. The summed E-state index contributed by atoms with van der Waals surface area (Å²) < 4.78 is 6.17. The van der Waals surface area contributed by atoms with Crippen molar-refractivity contribution in [1.29, 1.82) is 0 Å². The van der Waals surface area contributed by atoms with Crippen LogP contribution in [0.4, 0.5) is 4.79 Å². The Hall–Kier alpha value is -2.86. The van der Waals surface area contributed by atoms with E-state index in [9.17, 15) is 9.59 Å². The van der Waals surface area contributed by atoms with Crippen molar-refractivity contribution in [3.63, 3.8) is 0 Å². The molecule has 2 amide bonds. The molecule has 7 rings (SSSR count). The van der Waals surface area contributed by atoms with Gasteiger partial charge in [0.05, 0.1) is 4.91 Å². The Morgan fingerprint density at radius 2 is 1.94 bits per heavy atom. The van der Waals surface area contributed by atoms with Crippen LogP contribution in [-0.2, 0) is 10.2 Å². The monoisotopic (exact) mass is 470 g/mol. The van der Waals surface area contributed by atoms with Gasteiger partial charge in [0.1, 0.15) is 5.52 Å². The van der Waals surface area contributed by atoms with Crippen LogP contribution in [-0.4, -0.2) is 16.1 Å². The number of carbonyl (C=O) groups is 2. The Kier molecular flexibility index (Phi) is 4.13. The second-order valence-electron chi connectivity index (χ2n) is 11.1. The number of fused-ring (bicyclic) bond motifs is 2. The lowest BCUT2D eigenvalue weighted by Gasteiger charge is -2.40. The zero-order valence-corrected chi connectivity index (χ0v) is 20.1. The first-order valence-electron chi connectivity index (χ1n) is 12.1. The molecular weight excluding hydrogens is 444 g/mol. The van der Waals surface area contributed by atoms with Gasteiger partial charge in [-0.1, -0.05) is 31.2 Å². The highest BCUT2D eigenvalue weighted by molar-refractivity contribution is 8.18. The zero-order valence-electron chi connectivity index (χ0n) is 19.3. The lowest BCUT2D eigenvalue weighted by Crippen LogP contribution is -2.33. The molecule has 3 aliphatic carbocycles. The van der Waals surface area contributed by atoms with E-state index in [1.807, 2.05) is 19.1 Å². The summed E-state index contributed by atoms with van der Waals surface area (Å²) in [6.45, 7) is 4.37. The molecule has 1 aliphatic heterocycles. The molecule has 3 saturated carbocycles. The molecule has 3 aromatic rings. The van der Waals surface area contributed by atoms with Crippen LogP contribution in [0.3, 0.4) is 0 Å². The molecule has 34 heavy (non-hydrogen) atoms. The third-order valence-corrected chi connectivity index (χ3v) is 9.39. The number of nitrogens with zero attached hydrogens (tertiary/aromatic N) is 1. The maximum Gasteiger partial charge on any atom is 0.290 e. The maximum absolute atomic E-state index is 11.9. The summed E-state index contributed by atoms with van der Waals surface area (Å²) in [5, 5.41) is 1.98. The first kappa shape index (κ1) is 20.5. The summed E-state index contributed by atoms with van der Waals surface area (Å²) >= 11 is 0.941. The Balaban J connectivity index is 1.28. The van der Waals surface area contributed by atoms with Crippen molar-refractivity contribution in [2.45, 2.75) is 51.4 Å². The van der Waals surface area contributed by atoms with Gasteiger partial charge >= 0.3 is 0 Å². The number of thioether (sulfide) groups is 1. The lowest BCUT2D eigenvalue weighted by molar-refractivity contribution is -0.115. The average molecular weight is 471 g/mol. The first-order chi connectivity index (χ1) is 16.3. The first-order valence-corrected chi connectivity index (χ1v) is 12.9. The number of imide groups is 1. The number of hydrogen-bond acceptors (Lipinski definition) is 5. The molecule has 4 atom stereocenters. The molecule has 0 radical (unpaired) electrons. The third-order valence-electron chi connectivity index (χ3n) is 8.58. The van der Waals surface area contributed by atoms with Crippen LogP contribution in [0.15, 0.2) is 45.7 Å². The van der Waals surface area contributed by atoms with Crippen LogP contribution < -0.4 is 5.32 Å². The van der Waals surface area contributed by atoms with Gasteiger partial charge in [0.2, 0.25) is 0 Å². The molecule has 1 N–H and O–H groups in total. The molecule has 4 aliphatic rings. The van der Waals surface area contributed by atoms with Gasteiger partial charge in [0.25, 0.3) is 11.1 Å². The summed E-state index contributed by atoms with van der Waals surface area (Å²) in [5.41, 5.74) is 7.02. The Bertz CT molecular complexity index is 1420. The second kappa shape index (κ2) is 6.85. The summed E-state index contributed by atoms with van der Waals surface area (Å²) in [5.74, 6) is 2.17. The van der Waals surface area contributed by atoms with Gasteiger partial charge in [-0.25, -0.2) is 4.98 Å². The van der Waals surface area contributed by atoms with Crippen LogP contribution in [0.1, 0.15) is 56.0 Å². The van der Waals surface area contributed by atoms with Crippen molar-refractivity contribution in [2.24, 2.45) is 17.3 Å². The van der Waals surface area contributed by atoms with Crippen molar-refractivity contribution in [3.8, 4) is 11.1 Å². The van der Waals surface area contributed by atoms with Gasteiger partial charge in [-0.15, -0.1) is 0 Å². The van der Waals surface area contributed by atoms with Gasteiger partial charge in [0, 0.05) is 12.5 Å². The van der Waals surface area contributed by atoms with E-state index in [1.54, 1.807) is 6.08 Å². The molecule has 6 heteroatoms. The number of oxazole rings is 1. The predicted molar refractivity (Wildman–Crippen MR) is 133 cm³/mol. The molecule has 4 unspecified atom stereocenters. The molecule has 172 valence electrons. The second-order valence-corrected chi connectivity index (χ2v) is 12.1. The zero-order chi connectivity index (χ0) is 23.2. The SMILES string of the molecule is Cc1nc2cc(-c3ccc(/C=C4\SC(=O)NC4=O)cc3)cc(C3(C)CC4CC5CC5(C4)C3)c2o1. The Morgan fingerprint density at radius 1 is 1.12 bits per heavy atom. The summed E-state index contributed by atoms with van der Waals surface area (Å²) in [7, 11) is 0. The highest BCUT2D eigenvalue weighted by Crippen LogP contribution is 2.74. The van der Waals surface area contributed by atoms with E-state index in [0.717, 1.165) is 51.4 Å². The lowest BCUT2D eigenvalue weighted by atomic mass is 9.63. The molecule has 1 saturated heterocycles. The normalized spacial score (nSPS) is 32.9. The van der Waals surface area contributed by atoms with Gasteiger partial charge in [-0.2, -0.15) is 0 Å². The molecule has 2 heterocycles. The van der Waals surface area contributed by atoms with E-state index in [2.05, 4.69) is 36.5 Å². The van der Waals surface area contributed by atoms with Crippen molar-refractivity contribution in [2.75, 3.05) is 0 Å². The minimum Gasteiger partial charge on any atom is -0.441 e. The number of aryl methyl sites for hydroxylation is 1. The highest BCUT2D eigenvalue weighted by atomic mass is 32.2. The molecule has 5 nitrogen and oxygen atoms in total. The molecule has 4 fully saturated rings. The van der Waals surface area contributed by atoms with E-state index < -0.39 is 0 Å². The van der Waals surface area contributed by atoms with Crippen molar-refractivity contribution < 1.29 is 14.0 Å². The number of benzene rings is 2. The topological polar surface area (TPSA) is 72.2 Å². The fourth-order valence-corrected chi connectivity index (χ4v) is 8.00. The number of hydrogen-bond donors (Lipinski definition) is 1. The summed E-state index contributed by atoms with van der Waals surface area (Å²) in [6, 6.07) is 12.6. The number of carbonyl (C=O) groups excluding carboxylic acids is 2. The van der Waals surface area contributed by atoms with Gasteiger partial charge in [-0.05, 0) is 101 Å². The predicted octanol–water partition coefficient (Wildman–Crippen LogP) is 6.59. The van der Waals surface area contributed by atoms with E-state index in [0.29, 0.717) is 16.2 Å².